The van der Waals surface area contributed by atoms with Crippen molar-refractivity contribution in [1.29, 1.82) is 0 Å². The van der Waals surface area contributed by atoms with E-state index in [-0.39, 0.29) is 18.3 Å². The van der Waals surface area contributed by atoms with Gasteiger partial charge in [0, 0.05) is 4.47 Å². The predicted octanol–water partition coefficient (Wildman–Crippen LogP) is 7.04. The quantitative estimate of drug-likeness (QED) is 0.269. The molecule has 0 aliphatic rings. The summed E-state index contributed by atoms with van der Waals surface area (Å²) in [6.07, 6.45) is 0. The highest BCUT2D eigenvalue weighted by Gasteiger charge is 2.18. The molecule has 33 heavy (non-hydrogen) atoms. The van der Waals surface area contributed by atoms with Crippen molar-refractivity contribution in [3.05, 3.63) is 97.6 Å². The third kappa shape index (κ3) is 5.61. The standard InChI is InChI=1S/C24H20BrCl2N3O3/c1-14-23(15(2)30(29-14)12-16-3-9-20(26)21(27)11-16)28-24(31)22-10-8-19(33-22)13-32-18-6-4-17(25)5-7-18/h3-11H,12-13H2,1-2H3,(H,28,31). The number of halogens is 3. The second-order valence-electron chi connectivity index (χ2n) is 7.41. The Balaban J connectivity index is 1.42. The first-order valence-corrected chi connectivity index (χ1v) is 11.6. The number of anilines is 1. The normalized spacial score (nSPS) is 10.9. The predicted molar refractivity (Wildman–Crippen MR) is 132 cm³/mol. The Bertz CT molecular complexity index is 1300. The van der Waals surface area contributed by atoms with Gasteiger partial charge in [0.15, 0.2) is 5.76 Å². The third-order valence-corrected chi connectivity index (χ3v) is 6.28. The zero-order valence-corrected chi connectivity index (χ0v) is 21.0. The van der Waals surface area contributed by atoms with Crippen LogP contribution in [0.15, 0.2) is 63.5 Å². The number of benzene rings is 2. The number of ether oxygens (including phenoxy) is 1. The zero-order valence-electron chi connectivity index (χ0n) is 17.9. The van der Waals surface area contributed by atoms with Gasteiger partial charge < -0.3 is 14.5 Å². The first-order chi connectivity index (χ1) is 15.8. The fraction of sp³-hybridized carbons (Fsp3) is 0.167. The fourth-order valence-electron chi connectivity index (χ4n) is 3.28. The van der Waals surface area contributed by atoms with Crippen molar-refractivity contribution < 1.29 is 13.9 Å². The van der Waals surface area contributed by atoms with Gasteiger partial charge in [0.25, 0.3) is 5.91 Å². The maximum absolute atomic E-state index is 12.8. The van der Waals surface area contributed by atoms with Gasteiger partial charge in [-0.15, -0.1) is 0 Å². The molecular weight excluding hydrogens is 529 g/mol. The molecule has 4 rings (SSSR count). The van der Waals surface area contributed by atoms with Crippen molar-refractivity contribution in [1.82, 2.24) is 9.78 Å². The second kappa shape index (κ2) is 10.0. The maximum Gasteiger partial charge on any atom is 0.291 e. The Morgan fingerprint density at radius 3 is 2.58 bits per heavy atom. The lowest BCUT2D eigenvalue weighted by Crippen LogP contribution is -2.12. The van der Waals surface area contributed by atoms with Crippen LogP contribution in [0.4, 0.5) is 5.69 Å². The van der Waals surface area contributed by atoms with Crippen LogP contribution in [0, 0.1) is 13.8 Å². The van der Waals surface area contributed by atoms with E-state index in [1.807, 2.05) is 48.9 Å². The highest BCUT2D eigenvalue weighted by molar-refractivity contribution is 9.10. The van der Waals surface area contributed by atoms with Crippen LogP contribution in [0.2, 0.25) is 10.0 Å². The number of nitrogens with one attached hydrogen (secondary N) is 1. The minimum atomic E-state index is -0.356. The van der Waals surface area contributed by atoms with Crippen LogP contribution in [-0.2, 0) is 13.2 Å². The Morgan fingerprint density at radius 2 is 1.85 bits per heavy atom. The number of furan rings is 1. The number of hydrogen-bond acceptors (Lipinski definition) is 4. The lowest BCUT2D eigenvalue weighted by atomic mass is 10.2. The van der Waals surface area contributed by atoms with Gasteiger partial charge in [-0.1, -0.05) is 45.2 Å². The first-order valence-electron chi connectivity index (χ1n) is 10.1. The molecule has 0 radical (unpaired) electrons. The summed E-state index contributed by atoms with van der Waals surface area (Å²) in [6, 6.07) is 16.3. The molecule has 4 aromatic rings. The van der Waals surface area contributed by atoms with Crippen LogP contribution in [0.1, 0.15) is 33.3 Å². The van der Waals surface area contributed by atoms with Crippen LogP contribution < -0.4 is 10.1 Å². The van der Waals surface area contributed by atoms with Crippen molar-refractivity contribution in [3.8, 4) is 5.75 Å². The topological polar surface area (TPSA) is 69.3 Å². The zero-order chi connectivity index (χ0) is 23.5. The van der Waals surface area contributed by atoms with Crippen LogP contribution in [0.3, 0.4) is 0 Å². The van der Waals surface area contributed by atoms with Gasteiger partial charge in [-0.3, -0.25) is 9.48 Å². The average Bonchev–Trinajstić information content (AvgIpc) is 3.36. The van der Waals surface area contributed by atoms with Gasteiger partial charge in [0.2, 0.25) is 0 Å². The van der Waals surface area contributed by atoms with Gasteiger partial charge in [-0.25, -0.2) is 0 Å². The minimum Gasteiger partial charge on any atom is -0.486 e. The van der Waals surface area contributed by atoms with Gasteiger partial charge in [0.1, 0.15) is 18.1 Å². The largest absolute Gasteiger partial charge is 0.486 e. The van der Waals surface area contributed by atoms with E-state index in [2.05, 4.69) is 26.3 Å². The van der Waals surface area contributed by atoms with Gasteiger partial charge in [-0.2, -0.15) is 5.10 Å². The summed E-state index contributed by atoms with van der Waals surface area (Å²) in [4.78, 5) is 12.8. The molecule has 6 nitrogen and oxygen atoms in total. The highest BCUT2D eigenvalue weighted by Crippen LogP contribution is 2.25. The number of carbonyl (C=O) groups is 1. The summed E-state index contributed by atoms with van der Waals surface area (Å²) in [6.45, 7) is 4.45. The fourth-order valence-corrected chi connectivity index (χ4v) is 3.87. The lowest BCUT2D eigenvalue weighted by molar-refractivity contribution is 0.0992. The molecule has 0 saturated heterocycles. The Morgan fingerprint density at radius 1 is 1.09 bits per heavy atom. The van der Waals surface area contributed by atoms with Gasteiger partial charge in [0.05, 0.1) is 33.7 Å². The van der Waals surface area contributed by atoms with Crippen molar-refractivity contribution in [2.24, 2.45) is 0 Å². The van der Waals surface area contributed by atoms with E-state index in [4.69, 9.17) is 32.4 Å². The summed E-state index contributed by atoms with van der Waals surface area (Å²) in [5, 5.41) is 8.45. The van der Waals surface area contributed by atoms with E-state index >= 15 is 0 Å². The number of aromatic nitrogens is 2. The number of amides is 1. The molecule has 0 aliphatic carbocycles. The lowest BCUT2D eigenvalue weighted by Gasteiger charge is -2.07. The minimum absolute atomic E-state index is 0.195. The van der Waals surface area contributed by atoms with Crippen LogP contribution in [-0.4, -0.2) is 15.7 Å². The first kappa shape index (κ1) is 23.4. The molecule has 0 aliphatic heterocycles. The molecule has 0 bridgehead atoms. The van der Waals surface area contributed by atoms with Crippen LogP contribution in [0.5, 0.6) is 5.75 Å². The van der Waals surface area contributed by atoms with E-state index in [0.29, 0.717) is 39.5 Å². The Labute approximate surface area is 209 Å². The molecular formula is C24H20BrCl2N3O3. The number of aryl methyl sites for hydroxylation is 1. The van der Waals surface area contributed by atoms with E-state index in [1.54, 1.807) is 24.3 Å². The van der Waals surface area contributed by atoms with Crippen LogP contribution >= 0.6 is 39.1 Å². The molecule has 9 heteroatoms. The number of rotatable bonds is 7. The van der Waals surface area contributed by atoms with E-state index in [0.717, 1.165) is 15.7 Å². The second-order valence-corrected chi connectivity index (χ2v) is 9.14. The van der Waals surface area contributed by atoms with E-state index in [9.17, 15) is 4.79 Å². The van der Waals surface area contributed by atoms with Crippen molar-refractivity contribution in [3.63, 3.8) is 0 Å². The van der Waals surface area contributed by atoms with Crippen molar-refractivity contribution in [2.45, 2.75) is 27.0 Å². The number of hydrogen-bond donors (Lipinski definition) is 1. The number of nitrogens with zero attached hydrogens (tertiary/aromatic N) is 2. The molecule has 0 fully saturated rings. The molecule has 0 spiro atoms. The molecule has 2 heterocycles. The monoisotopic (exact) mass is 547 g/mol. The molecule has 2 aromatic heterocycles. The summed E-state index contributed by atoms with van der Waals surface area (Å²) in [5.74, 6) is 1.10. The summed E-state index contributed by atoms with van der Waals surface area (Å²) in [5.41, 5.74) is 3.11. The Kier molecular flexibility index (Phi) is 7.12. The Hall–Kier alpha value is -2.74. The molecule has 0 saturated carbocycles. The van der Waals surface area contributed by atoms with E-state index < -0.39 is 0 Å². The highest BCUT2D eigenvalue weighted by atomic mass is 79.9. The van der Waals surface area contributed by atoms with Crippen LogP contribution in [0.25, 0.3) is 0 Å². The van der Waals surface area contributed by atoms with E-state index in [1.165, 1.54) is 0 Å². The summed E-state index contributed by atoms with van der Waals surface area (Å²) < 4.78 is 14.1. The summed E-state index contributed by atoms with van der Waals surface area (Å²) in [7, 11) is 0. The SMILES string of the molecule is Cc1nn(Cc2ccc(Cl)c(Cl)c2)c(C)c1NC(=O)c1ccc(COc2ccc(Br)cc2)o1. The average molecular weight is 549 g/mol. The maximum atomic E-state index is 12.8. The molecule has 0 unspecified atom stereocenters. The molecule has 2 aromatic carbocycles. The third-order valence-electron chi connectivity index (χ3n) is 5.02. The molecule has 170 valence electrons. The van der Waals surface area contributed by atoms with Gasteiger partial charge in [-0.05, 0) is 67.9 Å². The molecule has 0 atom stereocenters. The smallest absolute Gasteiger partial charge is 0.291 e. The molecule has 1 N–H and O–H groups in total. The molecule has 1 amide bonds. The number of carbonyl (C=O) groups excluding carboxylic acids is 1. The summed E-state index contributed by atoms with van der Waals surface area (Å²) >= 11 is 15.5. The van der Waals surface area contributed by atoms with Crippen molar-refractivity contribution >= 4 is 50.7 Å². The van der Waals surface area contributed by atoms with Crippen molar-refractivity contribution in [2.75, 3.05) is 5.32 Å². The van der Waals surface area contributed by atoms with Gasteiger partial charge >= 0.3 is 0 Å².